The Kier molecular flexibility index (Phi) is 7.13. The first-order valence-electron chi connectivity index (χ1n) is 8.25. The maximum Gasteiger partial charge on any atom is 0.224 e. The van der Waals surface area contributed by atoms with E-state index in [2.05, 4.69) is 10.6 Å². The molecule has 1 fully saturated rings. The summed E-state index contributed by atoms with van der Waals surface area (Å²) in [6, 6.07) is 9.72. The van der Waals surface area contributed by atoms with Crippen LogP contribution in [0.15, 0.2) is 29.2 Å². The lowest BCUT2D eigenvalue weighted by Crippen LogP contribution is -2.37. The summed E-state index contributed by atoms with van der Waals surface area (Å²) in [4.78, 5) is 24.5. The Hall–Kier alpha value is -2.00. The van der Waals surface area contributed by atoms with E-state index in [0.29, 0.717) is 5.92 Å². The number of carbonyl (C=O) groups excluding carboxylic acids is 2. The predicted octanol–water partition coefficient (Wildman–Crippen LogP) is 3.18. The van der Waals surface area contributed by atoms with Crippen LogP contribution >= 0.6 is 11.8 Å². The quantitative estimate of drug-likeness (QED) is 0.613. The van der Waals surface area contributed by atoms with Crippen molar-refractivity contribution in [1.29, 1.82) is 5.26 Å². The predicted molar refractivity (Wildman–Crippen MR) is 95.5 cm³/mol. The van der Waals surface area contributed by atoms with Crippen molar-refractivity contribution < 1.29 is 9.59 Å². The van der Waals surface area contributed by atoms with Crippen molar-refractivity contribution in [2.45, 2.75) is 37.5 Å². The third-order valence-electron chi connectivity index (χ3n) is 4.21. The zero-order valence-corrected chi connectivity index (χ0v) is 14.7. The molecule has 0 unspecified atom stereocenters. The van der Waals surface area contributed by atoms with Crippen LogP contribution in [0, 0.1) is 23.2 Å². The fourth-order valence-electron chi connectivity index (χ4n) is 3.08. The molecule has 0 radical (unpaired) electrons. The topological polar surface area (TPSA) is 82.0 Å². The first kappa shape index (κ1) is 18.3. The van der Waals surface area contributed by atoms with Crippen LogP contribution < -0.4 is 10.6 Å². The molecule has 0 aliphatic heterocycles. The SMILES string of the molecule is CC(=O)Nc1cccc(SC[C@@H]2CCCC[C@H]2C(=O)NCC#N)c1. The minimum atomic E-state index is -0.0846. The largest absolute Gasteiger partial charge is 0.343 e. The molecule has 1 aromatic rings. The highest BCUT2D eigenvalue weighted by atomic mass is 32.2. The molecule has 6 heteroatoms. The molecule has 24 heavy (non-hydrogen) atoms. The van der Waals surface area contributed by atoms with Crippen molar-refractivity contribution in [3.8, 4) is 6.07 Å². The van der Waals surface area contributed by atoms with Crippen molar-refractivity contribution in [3.63, 3.8) is 0 Å². The van der Waals surface area contributed by atoms with E-state index in [9.17, 15) is 9.59 Å². The minimum absolute atomic E-state index is 0.00173. The Morgan fingerprint density at radius 3 is 2.88 bits per heavy atom. The van der Waals surface area contributed by atoms with Crippen molar-refractivity contribution in [3.05, 3.63) is 24.3 Å². The van der Waals surface area contributed by atoms with E-state index in [0.717, 1.165) is 42.0 Å². The molecule has 2 amide bonds. The molecular formula is C18H23N3O2S. The number of thioether (sulfide) groups is 1. The first-order chi connectivity index (χ1) is 11.6. The molecule has 0 aromatic heterocycles. The van der Waals surface area contributed by atoms with Gasteiger partial charge in [0.05, 0.1) is 6.07 Å². The summed E-state index contributed by atoms with van der Waals surface area (Å²) in [5.74, 6) is 1.12. The summed E-state index contributed by atoms with van der Waals surface area (Å²) < 4.78 is 0. The van der Waals surface area contributed by atoms with Gasteiger partial charge in [-0.25, -0.2) is 0 Å². The van der Waals surface area contributed by atoms with Crippen molar-refractivity contribution >= 4 is 29.3 Å². The molecule has 1 saturated carbocycles. The standard InChI is InChI=1S/C18H23N3O2S/c1-13(22)21-15-6-4-7-16(11-15)24-12-14-5-2-3-8-17(14)18(23)20-10-9-19/h4,6-7,11,14,17H,2-3,5,8,10,12H2,1H3,(H,20,23)(H,21,22)/t14-,17+/m0/s1. The Bertz CT molecular complexity index is 627. The molecule has 5 nitrogen and oxygen atoms in total. The van der Waals surface area contributed by atoms with Crippen LogP contribution in [0.2, 0.25) is 0 Å². The van der Waals surface area contributed by atoms with Gasteiger partial charge in [-0.05, 0) is 37.0 Å². The highest BCUT2D eigenvalue weighted by molar-refractivity contribution is 7.99. The molecule has 2 N–H and O–H groups in total. The molecule has 1 aliphatic carbocycles. The van der Waals surface area contributed by atoms with E-state index in [1.807, 2.05) is 30.3 Å². The second-order valence-electron chi connectivity index (χ2n) is 6.05. The molecule has 2 atom stereocenters. The molecule has 128 valence electrons. The smallest absolute Gasteiger partial charge is 0.224 e. The molecule has 0 bridgehead atoms. The Morgan fingerprint density at radius 2 is 2.12 bits per heavy atom. The van der Waals surface area contributed by atoms with Gasteiger partial charge in [0.2, 0.25) is 11.8 Å². The lowest BCUT2D eigenvalue weighted by molar-refractivity contribution is -0.127. The lowest BCUT2D eigenvalue weighted by Gasteiger charge is -2.30. The van der Waals surface area contributed by atoms with Crippen LogP contribution in [0.25, 0.3) is 0 Å². The number of nitrogens with zero attached hydrogens (tertiary/aromatic N) is 1. The van der Waals surface area contributed by atoms with Crippen LogP contribution in [0.3, 0.4) is 0 Å². The fraction of sp³-hybridized carbons (Fsp3) is 0.500. The van der Waals surface area contributed by atoms with Crippen LogP contribution in [0.4, 0.5) is 5.69 Å². The fourth-order valence-corrected chi connectivity index (χ4v) is 4.27. The van der Waals surface area contributed by atoms with Gasteiger partial charge >= 0.3 is 0 Å². The van der Waals surface area contributed by atoms with Crippen LogP contribution in [-0.2, 0) is 9.59 Å². The molecule has 1 aliphatic rings. The van der Waals surface area contributed by atoms with Gasteiger partial charge in [-0.3, -0.25) is 9.59 Å². The van der Waals surface area contributed by atoms with E-state index >= 15 is 0 Å². The number of amides is 2. The van der Waals surface area contributed by atoms with Gasteiger partial charge in [-0.15, -0.1) is 11.8 Å². The van der Waals surface area contributed by atoms with Crippen LogP contribution in [0.1, 0.15) is 32.6 Å². The third-order valence-corrected chi connectivity index (χ3v) is 5.39. The zero-order valence-electron chi connectivity index (χ0n) is 13.9. The van der Waals surface area contributed by atoms with Gasteiger partial charge in [0.15, 0.2) is 0 Å². The van der Waals surface area contributed by atoms with Gasteiger partial charge < -0.3 is 10.6 Å². The second kappa shape index (κ2) is 9.33. The monoisotopic (exact) mass is 345 g/mol. The highest BCUT2D eigenvalue weighted by Crippen LogP contribution is 2.35. The summed E-state index contributed by atoms with van der Waals surface area (Å²) in [5.41, 5.74) is 0.791. The Morgan fingerprint density at radius 1 is 1.33 bits per heavy atom. The molecule has 0 heterocycles. The van der Waals surface area contributed by atoms with Crippen molar-refractivity contribution in [2.24, 2.45) is 11.8 Å². The highest BCUT2D eigenvalue weighted by Gasteiger charge is 2.30. The normalized spacial score (nSPS) is 20.0. The summed E-state index contributed by atoms with van der Waals surface area (Å²) in [7, 11) is 0. The van der Waals surface area contributed by atoms with E-state index in [4.69, 9.17) is 5.26 Å². The number of nitriles is 1. The van der Waals surface area contributed by atoms with Crippen LogP contribution in [-0.4, -0.2) is 24.1 Å². The van der Waals surface area contributed by atoms with E-state index in [1.165, 1.54) is 6.92 Å². The van der Waals surface area contributed by atoms with E-state index < -0.39 is 0 Å². The van der Waals surface area contributed by atoms with Gasteiger partial charge in [0.25, 0.3) is 0 Å². The molecule has 1 aromatic carbocycles. The Balaban J connectivity index is 1.94. The third kappa shape index (κ3) is 5.57. The van der Waals surface area contributed by atoms with Crippen molar-refractivity contribution in [2.75, 3.05) is 17.6 Å². The van der Waals surface area contributed by atoms with E-state index in [-0.39, 0.29) is 24.3 Å². The number of carbonyl (C=O) groups is 2. The van der Waals surface area contributed by atoms with E-state index in [1.54, 1.807) is 11.8 Å². The number of anilines is 1. The first-order valence-corrected chi connectivity index (χ1v) is 9.24. The van der Waals surface area contributed by atoms with Crippen LogP contribution in [0.5, 0.6) is 0 Å². The summed E-state index contributed by atoms with van der Waals surface area (Å²) in [5, 5.41) is 14.1. The number of benzene rings is 1. The summed E-state index contributed by atoms with van der Waals surface area (Å²) >= 11 is 1.72. The second-order valence-corrected chi connectivity index (χ2v) is 7.14. The summed E-state index contributed by atoms with van der Waals surface area (Å²) in [6.45, 7) is 1.57. The van der Waals surface area contributed by atoms with Gasteiger partial charge in [-0.2, -0.15) is 5.26 Å². The summed E-state index contributed by atoms with van der Waals surface area (Å²) in [6.07, 6.45) is 4.17. The average Bonchev–Trinajstić information content (AvgIpc) is 2.58. The minimum Gasteiger partial charge on any atom is -0.343 e. The van der Waals surface area contributed by atoms with Crippen molar-refractivity contribution in [1.82, 2.24) is 5.32 Å². The molecule has 2 rings (SSSR count). The molecular weight excluding hydrogens is 322 g/mol. The average molecular weight is 345 g/mol. The number of hydrogen-bond acceptors (Lipinski definition) is 4. The maximum absolute atomic E-state index is 12.2. The maximum atomic E-state index is 12.2. The lowest BCUT2D eigenvalue weighted by atomic mass is 9.80. The van der Waals surface area contributed by atoms with Gasteiger partial charge in [-0.1, -0.05) is 18.9 Å². The Labute approximate surface area is 147 Å². The zero-order chi connectivity index (χ0) is 17.4. The number of nitrogens with one attached hydrogen (secondary N) is 2. The number of rotatable bonds is 6. The molecule has 0 saturated heterocycles. The van der Waals surface area contributed by atoms with Gasteiger partial charge in [0, 0.05) is 29.2 Å². The molecule has 0 spiro atoms. The number of hydrogen-bond donors (Lipinski definition) is 2. The van der Waals surface area contributed by atoms with Gasteiger partial charge in [0.1, 0.15) is 6.54 Å².